The summed E-state index contributed by atoms with van der Waals surface area (Å²) in [5.41, 5.74) is 7.89. The predicted molar refractivity (Wildman–Crippen MR) is 73.7 cm³/mol. The summed E-state index contributed by atoms with van der Waals surface area (Å²) in [4.78, 5) is 0. The molecular weight excluding hydrogens is 212 g/mol. The van der Waals surface area contributed by atoms with Crippen LogP contribution in [0.4, 0.5) is 5.69 Å². The van der Waals surface area contributed by atoms with E-state index in [-0.39, 0.29) is 5.54 Å². The highest BCUT2D eigenvalue weighted by molar-refractivity contribution is 5.52. The van der Waals surface area contributed by atoms with Crippen LogP contribution in [-0.4, -0.2) is 18.7 Å². The molecule has 0 aliphatic carbocycles. The van der Waals surface area contributed by atoms with Gasteiger partial charge in [-0.15, -0.1) is 0 Å². The summed E-state index contributed by atoms with van der Waals surface area (Å²) < 4.78 is 5.52. The molecule has 0 aliphatic heterocycles. The first-order valence-corrected chi connectivity index (χ1v) is 6.20. The molecule has 17 heavy (non-hydrogen) atoms. The molecule has 0 saturated heterocycles. The van der Waals surface area contributed by atoms with Crippen molar-refractivity contribution in [2.45, 2.75) is 39.7 Å². The van der Waals surface area contributed by atoms with Gasteiger partial charge in [-0.1, -0.05) is 0 Å². The molecule has 0 radical (unpaired) electrons. The Morgan fingerprint density at radius 2 is 2.06 bits per heavy atom. The normalized spacial score (nSPS) is 11.4. The average molecular weight is 236 g/mol. The largest absolute Gasteiger partial charge is 0.494 e. The van der Waals surface area contributed by atoms with Crippen molar-refractivity contribution in [1.82, 2.24) is 0 Å². The molecule has 3 nitrogen and oxygen atoms in total. The number of anilines is 1. The van der Waals surface area contributed by atoms with Crippen LogP contribution in [0.25, 0.3) is 0 Å². The molecule has 96 valence electrons. The molecule has 1 aromatic carbocycles. The number of hydrogen-bond acceptors (Lipinski definition) is 3. The number of nitrogens with two attached hydrogens (primary N) is 1. The molecule has 1 aromatic rings. The van der Waals surface area contributed by atoms with Crippen molar-refractivity contribution in [3.8, 4) is 5.75 Å². The molecule has 0 saturated carbocycles. The number of aryl methyl sites for hydroxylation is 1. The SMILES string of the molecule is CCOc1ccc(NC(C)(C)CCN)cc1C. The minimum atomic E-state index is 0.0221. The summed E-state index contributed by atoms with van der Waals surface area (Å²) >= 11 is 0. The lowest BCUT2D eigenvalue weighted by atomic mass is 10.00. The zero-order valence-electron chi connectivity index (χ0n) is 11.3. The Morgan fingerprint density at radius 3 is 2.59 bits per heavy atom. The summed E-state index contributed by atoms with van der Waals surface area (Å²) in [6.45, 7) is 9.77. The zero-order valence-corrected chi connectivity index (χ0v) is 11.3. The van der Waals surface area contributed by atoms with Crippen LogP contribution in [-0.2, 0) is 0 Å². The van der Waals surface area contributed by atoms with Crippen molar-refractivity contribution in [2.75, 3.05) is 18.5 Å². The third-order valence-electron chi connectivity index (χ3n) is 2.73. The van der Waals surface area contributed by atoms with Crippen molar-refractivity contribution in [3.05, 3.63) is 23.8 Å². The third kappa shape index (κ3) is 4.27. The second kappa shape index (κ2) is 5.92. The first-order chi connectivity index (χ1) is 7.98. The maximum Gasteiger partial charge on any atom is 0.122 e. The van der Waals surface area contributed by atoms with Crippen LogP contribution < -0.4 is 15.8 Å². The van der Waals surface area contributed by atoms with E-state index in [1.54, 1.807) is 0 Å². The standard InChI is InChI=1S/C14H24N2O/c1-5-17-13-7-6-12(10-11(13)2)16-14(3,4)8-9-15/h6-7,10,16H,5,8-9,15H2,1-4H3. The van der Waals surface area contributed by atoms with Gasteiger partial charge in [0.05, 0.1) is 6.61 Å². The van der Waals surface area contributed by atoms with Gasteiger partial charge in [0, 0.05) is 11.2 Å². The molecule has 0 aliphatic rings. The van der Waals surface area contributed by atoms with Gasteiger partial charge < -0.3 is 15.8 Å². The van der Waals surface area contributed by atoms with Gasteiger partial charge in [0.15, 0.2) is 0 Å². The van der Waals surface area contributed by atoms with Gasteiger partial charge in [-0.05, 0) is 64.4 Å². The molecule has 3 heteroatoms. The Bertz CT molecular complexity index is 361. The Labute approximate surface area is 104 Å². The smallest absolute Gasteiger partial charge is 0.122 e. The van der Waals surface area contributed by atoms with E-state index in [1.165, 1.54) is 0 Å². The van der Waals surface area contributed by atoms with Crippen molar-refractivity contribution < 1.29 is 4.74 Å². The first-order valence-electron chi connectivity index (χ1n) is 6.20. The van der Waals surface area contributed by atoms with Gasteiger partial charge >= 0.3 is 0 Å². The number of rotatable bonds is 6. The fourth-order valence-electron chi connectivity index (χ4n) is 1.86. The summed E-state index contributed by atoms with van der Waals surface area (Å²) in [6.07, 6.45) is 0.944. The van der Waals surface area contributed by atoms with Crippen molar-refractivity contribution in [3.63, 3.8) is 0 Å². The zero-order chi connectivity index (χ0) is 12.9. The summed E-state index contributed by atoms with van der Waals surface area (Å²) in [7, 11) is 0. The van der Waals surface area contributed by atoms with E-state index in [4.69, 9.17) is 10.5 Å². The monoisotopic (exact) mass is 236 g/mol. The van der Waals surface area contributed by atoms with Gasteiger partial charge in [-0.3, -0.25) is 0 Å². The van der Waals surface area contributed by atoms with E-state index < -0.39 is 0 Å². The second-order valence-electron chi connectivity index (χ2n) is 4.96. The van der Waals surface area contributed by atoms with E-state index in [0.29, 0.717) is 13.2 Å². The maximum atomic E-state index is 5.60. The van der Waals surface area contributed by atoms with Crippen molar-refractivity contribution in [2.24, 2.45) is 5.73 Å². The highest BCUT2D eigenvalue weighted by Gasteiger charge is 2.16. The first kappa shape index (κ1) is 13.8. The van der Waals surface area contributed by atoms with Gasteiger partial charge in [0.25, 0.3) is 0 Å². The lowest BCUT2D eigenvalue weighted by Gasteiger charge is -2.27. The number of benzene rings is 1. The minimum Gasteiger partial charge on any atom is -0.494 e. The summed E-state index contributed by atoms with van der Waals surface area (Å²) in [6, 6.07) is 6.18. The van der Waals surface area contributed by atoms with Crippen LogP contribution in [0.1, 0.15) is 32.8 Å². The number of ether oxygens (including phenoxy) is 1. The molecule has 0 aromatic heterocycles. The lowest BCUT2D eigenvalue weighted by molar-refractivity contribution is 0.338. The molecule has 0 unspecified atom stereocenters. The quantitative estimate of drug-likeness (QED) is 0.798. The van der Waals surface area contributed by atoms with Crippen molar-refractivity contribution in [1.29, 1.82) is 0 Å². The molecule has 0 atom stereocenters. The molecule has 0 fully saturated rings. The summed E-state index contributed by atoms with van der Waals surface area (Å²) in [5, 5.41) is 3.49. The fourth-order valence-corrected chi connectivity index (χ4v) is 1.86. The van der Waals surface area contributed by atoms with Crippen molar-refractivity contribution >= 4 is 5.69 Å². The minimum absolute atomic E-state index is 0.0221. The van der Waals surface area contributed by atoms with Gasteiger partial charge in [-0.25, -0.2) is 0 Å². The molecule has 0 heterocycles. The predicted octanol–water partition coefficient (Wildman–Crippen LogP) is 2.93. The molecular formula is C14H24N2O. The summed E-state index contributed by atoms with van der Waals surface area (Å²) in [5.74, 6) is 0.953. The maximum absolute atomic E-state index is 5.60. The van der Waals surface area contributed by atoms with E-state index in [9.17, 15) is 0 Å². The van der Waals surface area contributed by atoms with Crippen LogP contribution in [0, 0.1) is 6.92 Å². The number of nitrogens with one attached hydrogen (secondary N) is 1. The average Bonchev–Trinajstić information content (AvgIpc) is 2.21. The molecule has 3 N–H and O–H groups in total. The highest BCUT2D eigenvalue weighted by Crippen LogP contribution is 2.24. The third-order valence-corrected chi connectivity index (χ3v) is 2.73. The van der Waals surface area contributed by atoms with Crippen LogP contribution in [0.5, 0.6) is 5.75 Å². The van der Waals surface area contributed by atoms with Gasteiger partial charge in [0.1, 0.15) is 5.75 Å². The van der Waals surface area contributed by atoms with E-state index >= 15 is 0 Å². The lowest BCUT2D eigenvalue weighted by Crippen LogP contribution is -2.33. The number of hydrogen-bond donors (Lipinski definition) is 2. The Balaban J connectivity index is 2.76. The highest BCUT2D eigenvalue weighted by atomic mass is 16.5. The Kier molecular flexibility index (Phi) is 4.82. The van der Waals surface area contributed by atoms with Crippen LogP contribution in [0.3, 0.4) is 0 Å². The Morgan fingerprint density at radius 1 is 1.35 bits per heavy atom. The molecule has 0 bridgehead atoms. The van der Waals surface area contributed by atoms with E-state index in [2.05, 4.69) is 38.2 Å². The molecule has 1 rings (SSSR count). The van der Waals surface area contributed by atoms with Crippen LogP contribution in [0.15, 0.2) is 18.2 Å². The van der Waals surface area contributed by atoms with Crippen LogP contribution >= 0.6 is 0 Å². The van der Waals surface area contributed by atoms with Gasteiger partial charge in [-0.2, -0.15) is 0 Å². The van der Waals surface area contributed by atoms with Gasteiger partial charge in [0.2, 0.25) is 0 Å². The van der Waals surface area contributed by atoms with Crippen LogP contribution in [0.2, 0.25) is 0 Å². The fraction of sp³-hybridized carbons (Fsp3) is 0.571. The second-order valence-corrected chi connectivity index (χ2v) is 4.96. The topological polar surface area (TPSA) is 47.3 Å². The van der Waals surface area contributed by atoms with E-state index in [1.807, 2.05) is 13.0 Å². The Hall–Kier alpha value is -1.22. The molecule has 0 spiro atoms. The van der Waals surface area contributed by atoms with E-state index in [0.717, 1.165) is 23.4 Å². The molecule has 0 amide bonds.